The largest absolute Gasteiger partial charge is 0.484 e. The number of anilines is 1. The number of nitrogens with zero attached hydrogens (tertiary/aromatic N) is 4. The van der Waals surface area contributed by atoms with E-state index in [1.165, 1.54) is 12.1 Å². The van der Waals surface area contributed by atoms with Crippen LogP contribution in [0.3, 0.4) is 0 Å². The first kappa shape index (κ1) is 18.0. The predicted molar refractivity (Wildman–Crippen MR) is 104 cm³/mol. The molecule has 8 heteroatoms. The molecule has 144 valence electrons. The van der Waals surface area contributed by atoms with Crippen molar-refractivity contribution in [3.05, 3.63) is 54.2 Å². The van der Waals surface area contributed by atoms with E-state index in [1.54, 1.807) is 12.1 Å². The Bertz CT molecular complexity index is 1090. The average molecular weight is 381 g/mol. The van der Waals surface area contributed by atoms with E-state index in [0.717, 1.165) is 22.5 Å². The topological polar surface area (TPSA) is 80.1 Å². The molecule has 0 fully saturated rings. The summed E-state index contributed by atoms with van der Waals surface area (Å²) in [6, 6.07) is 11.9. The third-order valence-electron chi connectivity index (χ3n) is 4.48. The van der Waals surface area contributed by atoms with Crippen LogP contribution in [0.1, 0.15) is 19.7 Å². The average Bonchev–Trinajstić information content (AvgIpc) is 3.33. The molecule has 2 aromatic carbocycles. The Morgan fingerprint density at radius 3 is 2.68 bits per heavy atom. The minimum absolute atomic E-state index is 0.105. The van der Waals surface area contributed by atoms with Crippen LogP contribution in [0.5, 0.6) is 5.75 Å². The molecule has 0 atom stereocenters. The van der Waals surface area contributed by atoms with Crippen molar-refractivity contribution in [3.63, 3.8) is 0 Å². The lowest BCUT2D eigenvalue weighted by Crippen LogP contribution is -2.26. The Balaban J connectivity index is 1.51. The van der Waals surface area contributed by atoms with Gasteiger partial charge in [0.1, 0.15) is 11.6 Å². The van der Waals surface area contributed by atoms with Crippen molar-refractivity contribution in [2.75, 3.05) is 11.9 Å². The first-order valence-electron chi connectivity index (χ1n) is 8.93. The third kappa shape index (κ3) is 3.66. The maximum Gasteiger partial charge on any atom is 0.264 e. The van der Waals surface area contributed by atoms with E-state index < -0.39 is 0 Å². The summed E-state index contributed by atoms with van der Waals surface area (Å²) < 4.78 is 23.7. The molecule has 0 radical (unpaired) electrons. The second-order valence-corrected chi connectivity index (χ2v) is 6.75. The Labute approximate surface area is 161 Å². The van der Waals surface area contributed by atoms with Crippen LogP contribution in [0, 0.1) is 5.82 Å². The molecule has 0 aliphatic heterocycles. The summed E-state index contributed by atoms with van der Waals surface area (Å²) in [6.45, 7) is 4.31. The Morgan fingerprint density at radius 1 is 1.14 bits per heavy atom. The molecule has 7 nitrogen and oxygen atoms in total. The number of aromatic nitrogens is 4. The molecule has 4 aromatic rings. The highest BCUT2D eigenvalue weighted by molar-refractivity contribution is 5.82. The van der Waals surface area contributed by atoms with Crippen LogP contribution in [-0.4, -0.2) is 33.2 Å². The van der Waals surface area contributed by atoms with Gasteiger partial charge >= 0.3 is 0 Å². The van der Waals surface area contributed by atoms with Crippen LogP contribution in [0.25, 0.3) is 22.4 Å². The fourth-order valence-corrected chi connectivity index (χ4v) is 2.65. The molecule has 2 heterocycles. The van der Waals surface area contributed by atoms with Crippen molar-refractivity contribution >= 4 is 17.0 Å². The number of nitrogens with one attached hydrogen (secondary N) is 1. The molecule has 0 aliphatic rings. The molecule has 1 N–H and O–H groups in total. The van der Waals surface area contributed by atoms with Gasteiger partial charge in [-0.15, -0.1) is 0 Å². The normalized spacial score (nSPS) is 11.3. The summed E-state index contributed by atoms with van der Waals surface area (Å²) in [5.74, 6) is 1.83. The van der Waals surface area contributed by atoms with Crippen molar-refractivity contribution in [3.8, 4) is 17.1 Å². The number of hydrogen-bond donors (Lipinski definition) is 1. The summed E-state index contributed by atoms with van der Waals surface area (Å²) in [4.78, 5) is 14.4. The van der Waals surface area contributed by atoms with Crippen LogP contribution in [0.15, 0.2) is 47.0 Å². The number of ether oxygens (including phenoxy) is 1. The minimum Gasteiger partial charge on any atom is -0.484 e. The Kier molecular flexibility index (Phi) is 4.68. The number of imidazole rings is 1. The second kappa shape index (κ2) is 7.30. The standard InChI is InChI=1S/C20H20FN5O2/c1-12(2)26(3)20-22-16-9-4-13(10-17(16)23-20)19-24-18(28-25-19)11-27-15-7-5-14(21)6-8-15/h4-10,12H,11H2,1-3H3,(H,22,23). The SMILES string of the molecule is CC(C)N(C)c1nc2ccc(-c3noc(COc4ccc(F)cc4)n3)cc2[nH]1. The maximum absolute atomic E-state index is 12.9. The fraction of sp³-hybridized carbons (Fsp3) is 0.250. The zero-order valence-electron chi connectivity index (χ0n) is 15.8. The summed E-state index contributed by atoms with van der Waals surface area (Å²) in [6.07, 6.45) is 0. The summed E-state index contributed by atoms with van der Waals surface area (Å²) in [5, 5.41) is 4.02. The van der Waals surface area contributed by atoms with Crippen molar-refractivity contribution < 1.29 is 13.7 Å². The molecule has 28 heavy (non-hydrogen) atoms. The van der Waals surface area contributed by atoms with Gasteiger partial charge in [-0.2, -0.15) is 4.98 Å². The quantitative estimate of drug-likeness (QED) is 0.540. The van der Waals surface area contributed by atoms with E-state index in [1.807, 2.05) is 25.2 Å². The third-order valence-corrected chi connectivity index (χ3v) is 4.48. The maximum atomic E-state index is 12.9. The molecule has 0 amide bonds. The number of benzene rings is 2. The van der Waals surface area contributed by atoms with Crippen molar-refractivity contribution in [1.82, 2.24) is 20.1 Å². The molecule has 0 saturated heterocycles. The van der Waals surface area contributed by atoms with Gasteiger partial charge in [-0.3, -0.25) is 0 Å². The zero-order valence-corrected chi connectivity index (χ0v) is 15.8. The van der Waals surface area contributed by atoms with Crippen molar-refractivity contribution in [2.45, 2.75) is 26.5 Å². The van der Waals surface area contributed by atoms with E-state index in [-0.39, 0.29) is 12.4 Å². The van der Waals surface area contributed by atoms with Gasteiger partial charge in [0, 0.05) is 18.7 Å². The Morgan fingerprint density at radius 2 is 1.93 bits per heavy atom. The highest BCUT2D eigenvalue weighted by Gasteiger charge is 2.13. The first-order valence-corrected chi connectivity index (χ1v) is 8.93. The second-order valence-electron chi connectivity index (χ2n) is 6.75. The highest BCUT2D eigenvalue weighted by Crippen LogP contribution is 2.24. The van der Waals surface area contributed by atoms with Gasteiger partial charge < -0.3 is 19.1 Å². The molecule has 0 spiro atoms. The van der Waals surface area contributed by atoms with E-state index in [0.29, 0.717) is 23.5 Å². The molecular formula is C20H20FN5O2. The summed E-state index contributed by atoms with van der Waals surface area (Å²) >= 11 is 0. The van der Waals surface area contributed by atoms with Crippen LogP contribution in [0.4, 0.5) is 10.3 Å². The number of halogens is 1. The van der Waals surface area contributed by atoms with Crippen LogP contribution >= 0.6 is 0 Å². The van der Waals surface area contributed by atoms with Gasteiger partial charge in [0.2, 0.25) is 11.8 Å². The molecule has 0 saturated carbocycles. The van der Waals surface area contributed by atoms with Gasteiger partial charge in [0.05, 0.1) is 11.0 Å². The van der Waals surface area contributed by atoms with E-state index >= 15 is 0 Å². The molecule has 0 bridgehead atoms. The molecular weight excluding hydrogens is 361 g/mol. The van der Waals surface area contributed by atoms with E-state index in [9.17, 15) is 4.39 Å². The number of fused-ring (bicyclic) bond motifs is 1. The predicted octanol–water partition coefficient (Wildman–Crippen LogP) is 4.18. The number of H-pyrrole nitrogens is 1. The lowest BCUT2D eigenvalue weighted by Gasteiger charge is -2.19. The summed E-state index contributed by atoms with van der Waals surface area (Å²) in [5.41, 5.74) is 2.58. The van der Waals surface area contributed by atoms with Gasteiger partial charge in [-0.25, -0.2) is 9.37 Å². The van der Waals surface area contributed by atoms with Crippen LogP contribution < -0.4 is 9.64 Å². The lowest BCUT2D eigenvalue weighted by molar-refractivity contribution is 0.242. The van der Waals surface area contributed by atoms with Crippen LogP contribution in [-0.2, 0) is 6.61 Å². The minimum atomic E-state index is -0.315. The number of aromatic amines is 1. The van der Waals surface area contributed by atoms with Gasteiger partial charge in [-0.1, -0.05) is 5.16 Å². The monoisotopic (exact) mass is 381 g/mol. The van der Waals surface area contributed by atoms with Crippen LogP contribution in [0.2, 0.25) is 0 Å². The highest BCUT2D eigenvalue weighted by atomic mass is 19.1. The fourth-order valence-electron chi connectivity index (χ4n) is 2.65. The van der Waals surface area contributed by atoms with Crippen molar-refractivity contribution in [1.29, 1.82) is 0 Å². The number of hydrogen-bond acceptors (Lipinski definition) is 6. The van der Waals surface area contributed by atoms with Gasteiger partial charge in [0.25, 0.3) is 5.89 Å². The lowest BCUT2D eigenvalue weighted by atomic mass is 10.2. The number of rotatable bonds is 6. The van der Waals surface area contributed by atoms with E-state index in [4.69, 9.17) is 9.26 Å². The van der Waals surface area contributed by atoms with Crippen molar-refractivity contribution in [2.24, 2.45) is 0 Å². The smallest absolute Gasteiger partial charge is 0.264 e. The first-order chi connectivity index (χ1) is 13.5. The molecule has 0 unspecified atom stereocenters. The Hall–Kier alpha value is -3.42. The summed E-state index contributed by atoms with van der Waals surface area (Å²) in [7, 11) is 2.00. The molecule has 4 rings (SSSR count). The molecule has 0 aliphatic carbocycles. The van der Waals surface area contributed by atoms with Gasteiger partial charge in [0.15, 0.2) is 6.61 Å². The zero-order chi connectivity index (χ0) is 19.7. The van der Waals surface area contributed by atoms with Gasteiger partial charge in [-0.05, 0) is 56.3 Å². The molecule has 2 aromatic heterocycles. The van der Waals surface area contributed by atoms with E-state index in [2.05, 4.69) is 38.9 Å².